The quantitative estimate of drug-likeness (QED) is 0.700. The summed E-state index contributed by atoms with van der Waals surface area (Å²) in [5.41, 5.74) is 1.24. The summed E-state index contributed by atoms with van der Waals surface area (Å²) >= 11 is 0. The van der Waals surface area contributed by atoms with Gasteiger partial charge in [0.15, 0.2) is 0 Å². The number of aromatic nitrogens is 1. The lowest BCUT2D eigenvalue weighted by atomic mass is 10.2. The number of esters is 2. The van der Waals surface area contributed by atoms with Gasteiger partial charge in [-0.2, -0.15) is 0 Å². The van der Waals surface area contributed by atoms with Crippen LogP contribution in [0.1, 0.15) is 29.4 Å². The van der Waals surface area contributed by atoms with Crippen molar-refractivity contribution in [2.24, 2.45) is 0 Å². The van der Waals surface area contributed by atoms with E-state index in [1.165, 1.54) is 13.3 Å². The molecule has 0 aliphatic heterocycles. The number of nitrogens with zero attached hydrogens (tertiary/aromatic N) is 2. The van der Waals surface area contributed by atoms with Crippen LogP contribution in [0.5, 0.6) is 0 Å². The maximum absolute atomic E-state index is 11.3. The van der Waals surface area contributed by atoms with Crippen LogP contribution in [0.25, 0.3) is 0 Å². The van der Waals surface area contributed by atoms with Crippen molar-refractivity contribution in [3.8, 4) is 0 Å². The number of carbonyl (C=O) groups excluding carboxylic acids is 2. The van der Waals surface area contributed by atoms with Crippen molar-refractivity contribution in [1.29, 1.82) is 0 Å². The van der Waals surface area contributed by atoms with E-state index in [-0.39, 0.29) is 5.97 Å². The number of methoxy groups -OCH3 is 1. The Morgan fingerprint density at radius 2 is 2.10 bits per heavy atom. The Kier molecular flexibility index (Phi) is 6.66. The molecule has 0 atom stereocenters. The van der Waals surface area contributed by atoms with E-state index >= 15 is 0 Å². The van der Waals surface area contributed by atoms with E-state index in [4.69, 9.17) is 4.74 Å². The van der Waals surface area contributed by atoms with Gasteiger partial charge >= 0.3 is 11.9 Å². The zero-order valence-corrected chi connectivity index (χ0v) is 12.1. The average Bonchev–Trinajstić information content (AvgIpc) is 2.45. The van der Waals surface area contributed by atoms with Gasteiger partial charge in [0.25, 0.3) is 0 Å². The van der Waals surface area contributed by atoms with Gasteiger partial charge in [0.2, 0.25) is 0 Å². The van der Waals surface area contributed by atoms with Crippen molar-refractivity contribution >= 4 is 11.9 Å². The van der Waals surface area contributed by atoms with E-state index in [0.29, 0.717) is 31.7 Å². The first-order chi connectivity index (χ1) is 9.56. The van der Waals surface area contributed by atoms with Crippen LogP contribution in [0.4, 0.5) is 0 Å². The van der Waals surface area contributed by atoms with Crippen LogP contribution in [0.15, 0.2) is 18.3 Å². The monoisotopic (exact) mass is 280 g/mol. The van der Waals surface area contributed by atoms with E-state index in [2.05, 4.69) is 9.72 Å². The van der Waals surface area contributed by atoms with E-state index in [9.17, 15) is 9.59 Å². The molecular formula is C14H20N2O4. The van der Waals surface area contributed by atoms with Crippen LogP contribution in [0.3, 0.4) is 0 Å². The molecule has 0 saturated carbocycles. The number of carbonyl (C=O) groups is 2. The Morgan fingerprint density at radius 3 is 2.65 bits per heavy atom. The summed E-state index contributed by atoms with van der Waals surface area (Å²) < 4.78 is 9.47. The topological polar surface area (TPSA) is 68.7 Å². The highest BCUT2D eigenvalue weighted by molar-refractivity contribution is 5.88. The van der Waals surface area contributed by atoms with E-state index < -0.39 is 5.97 Å². The van der Waals surface area contributed by atoms with Crippen molar-refractivity contribution in [1.82, 2.24) is 9.88 Å². The number of hydrogen-bond donors (Lipinski definition) is 0. The summed E-state index contributed by atoms with van der Waals surface area (Å²) in [6, 6.07) is 3.44. The van der Waals surface area contributed by atoms with Gasteiger partial charge in [-0.15, -0.1) is 0 Å². The van der Waals surface area contributed by atoms with Crippen LogP contribution in [0.2, 0.25) is 0 Å². The third-order valence-corrected chi connectivity index (χ3v) is 2.68. The minimum absolute atomic E-state index is 0.201. The number of rotatable bonds is 7. The second-order valence-electron chi connectivity index (χ2n) is 4.32. The van der Waals surface area contributed by atoms with Crippen molar-refractivity contribution in [3.63, 3.8) is 0 Å². The molecule has 0 unspecified atom stereocenters. The van der Waals surface area contributed by atoms with E-state index in [0.717, 1.165) is 5.69 Å². The van der Waals surface area contributed by atoms with Gasteiger partial charge in [-0.05, 0) is 26.1 Å². The van der Waals surface area contributed by atoms with Crippen molar-refractivity contribution in [2.75, 3.05) is 27.3 Å². The first kappa shape index (κ1) is 16.1. The predicted molar refractivity (Wildman–Crippen MR) is 73.2 cm³/mol. The Morgan fingerprint density at radius 1 is 1.35 bits per heavy atom. The molecule has 0 radical (unpaired) electrons. The lowest BCUT2D eigenvalue weighted by Crippen LogP contribution is -2.22. The Bertz CT molecular complexity index is 445. The van der Waals surface area contributed by atoms with Crippen LogP contribution < -0.4 is 0 Å². The van der Waals surface area contributed by atoms with Crippen molar-refractivity contribution < 1.29 is 19.1 Å². The Hall–Kier alpha value is -1.95. The summed E-state index contributed by atoms with van der Waals surface area (Å²) in [5, 5.41) is 0. The second kappa shape index (κ2) is 8.27. The minimum Gasteiger partial charge on any atom is -0.466 e. The molecule has 1 aromatic rings. The molecule has 20 heavy (non-hydrogen) atoms. The molecule has 0 spiro atoms. The molecule has 6 nitrogen and oxygen atoms in total. The first-order valence-corrected chi connectivity index (χ1v) is 6.44. The van der Waals surface area contributed by atoms with Crippen molar-refractivity contribution in [3.05, 3.63) is 29.6 Å². The highest BCUT2D eigenvalue weighted by Gasteiger charge is 2.08. The molecule has 0 aromatic carbocycles. The molecule has 0 amide bonds. The summed E-state index contributed by atoms with van der Waals surface area (Å²) in [6.07, 6.45) is 1.84. The fraction of sp³-hybridized carbons (Fsp3) is 0.500. The molecule has 0 N–H and O–H groups in total. The smallest absolute Gasteiger partial charge is 0.339 e. The highest BCUT2D eigenvalue weighted by Crippen LogP contribution is 2.05. The molecular weight excluding hydrogens is 260 g/mol. The standard InChI is InChI=1S/C14H20N2O4/c1-4-20-13(17)7-8-16(2)10-12-6-5-11(9-15-12)14(18)19-3/h5-6,9H,4,7-8,10H2,1-3H3. The summed E-state index contributed by atoms with van der Waals surface area (Å²) in [5.74, 6) is -0.604. The van der Waals surface area contributed by atoms with Crippen LogP contribution in [-0.4, -0.2) is 49.1 Å². The molecule has 110 valence electrons. The molecule has 0 aliphatic carbocycles. The first-order valence-electron chi connectivity index (χ1n) is 6.44. The zero-order valence-electron chi connectivity index (χ0n) is 12.1. The lowest BCUT2D eigenvalue weighted by Gasteiger charge is -2.15. The molecule has 6 heteroatoms. The van der Waals surface area contributed by atoms with Gasteiger partial charge in [-0.25, -0.2) is 4.79 Å². The molecule has 1 heterocycles. The fourth-order valence-electron chi connectivity index (χ4n) is 1.63. The Labute approximate surface area is 118 Å². The van der Waals surface area contributed by atoms with Gasteiger partial charge in [0.1, 0.15) is 0 Å². The number of ether oxygens (including phenoxy) is 2. The third-order valence-electron chi connectivity index (χ3n) is 2.68. The molecule has 0 aliphatic rings. The molecule has 1 aromatic heterocycles. The molecule has 1 rings (SSSR count). The average molecular weight is 280 g/mol. The van der Waals surface area contributed by atoms with Crippen molar-refractivity contribution in [2.45, 2.75) is 19.9 Å². The third kappa shape index (κ3) is 5.36. The number of pyridine rings is 1. The Balaban J connectivity index is 2.44. The zero-order chi connectivity index (χ0) is 15.0. The summed E-state index contributed by atoms with van der Waals surface area (Å²) in [7, 11) is 3.23. The second-order valence-corrected chi connectivity index (χ2v) is 4.32. The summed E-state index contributed by atoms with van der Waals surface area (Å²) in [4.78, 5) is 28.7. The maximum atomic E-state index is 11.3. The van der Waals surface area contributed by atoms with E-state index in [1.54, 1.807) is 19.1 Å². The molecule has 0 saturated heterocycles. The largest absolute Gasteiger partial charge is 0.466 e. The normalized spacial score (nSPS) is 10.4. The fourth-order valence-corrected chi connectivity index (χ4v) is 1.63. The van der Waals surface area contributed by atoms with Crippen LogP contribution in [0, 0.1) is 0 Å². The maximum Gasteiger partial charge on any atom is 0.339 e. The van der Waals surface area contributed by atoms with E-state index in [1.807, 2.05) is 11.9 Å². The highest BCUT2D eigenvalue weighted by atomic mass is 16.5. The van der Waals surface area contributed by atoms with Crippen LogP contribution in [-0.2, 0) is 20.8 Å². The van der Waals surface area contributed by atoms with Gasteiger partial charge in [-0.1, -0.05) is 0 Å². The molecule has 0 fully saturated rings. The summed E-state index contributed by atoms with van der Waals surface area (Å²) in [6.45, 7) is 3.38. The lowest BCUT2D eigenvalue weighted by molar-refractivity contribution is -0.143. The van der Waals surface area contributed by atoms with Crippen LogP contribution >= 0.6 is 0 Å². The van der Waals surface area contributed by atoms with Gasteiger partial charge in [-0.3, -0.25) is 14.7 Å². The molecule has 0 bridgehead atoms. The minimum atomic E-state index is -0.403. The van der Waals surface area contributed by atoms with Gasteiger partial charge in [0.05, 0.1) is 31.4 Å². The predicted octanol–water partition coefficient (Wildman–Crippen LogP) is 1.25. The van der Waals surface area contributed by atoms with Gasteiger partial charge in [0, 0.05) is 19.3 Å². The number of hydrogen-bond acceptors (Lipinski definition) is 6. The van der Waals surface area contributed by atoms with Gasteiger partial charge < -0.3 is 9.47 Å². The SMILES string of the molecule is CCOC(=O)CCN(C)Cc1ccc(C(=O)OC)cn1.